The van der Waals surface area contributed by atoms with Crippen molar-refractivity contribution in [3.05, 3.63) is 0 Å². The molecule has 0 spiro atoms. The van der Waals surface area contributed by atoms with E-state index in [-0.39, 0.29) is 24.6 Å². The van der Waals surface area contributed by atoms with E-state index in [0.29, 0.717) is 6.42 Å². The summed E-state index contributed by atoms with van der Waals surface area (Å²) in [5.41, 5.74) is -2.57. The number of unbranched alkanes of at least 4 members (excludes halogenated alkanes) is 13. The van der Waals surface area contributed by atoms with E-state index in [2.05, 4.69) is 13.8 Å². The monoisotopic (exact) mass is 565 g/mol. The molecule has 0 aromatic carbocycles. The molecule has 0 radical (unpaired) electrons. The first-order valence-corrected chi connectivity index (χ1v) is 17.4. The largest absolute Gasteiger partial charge is 0.589 e. The van der Waals surface area contributed by atoms with Crippen molar-refractivity contribution in [3.8, 4) is 0 Å². The molecule has 220 valence electrons. The summed E-state index contributed by atoms with van der Waals surface area (Å²) in [5.74, 6) is -0.0123. The highest BCUT2D eigenvalue weighted by Crippen LogP contribution is 2.43. The van der Waals surface area contributed by atoms with E-state index in [1.165, 1.54) is 83.5 Å². The Hall–Kier alpha value is -0.200. The van der Waals surface area contributed by atoms with Gasteiger partial charge in [-0.1, -0.05) is 111 Å². The molecule has 6 nitrogen and oxygen atoms in total. The summed E-state index contributed by atoms with van der Waals surface area (Å²) in [6, 6.07) is 0. The van der Waals surface area contributed by atoms with Gasteiger partial charge in [-0.2, -0.15) is 11.8 Å². The molecule has 0 heterocycles. The molecule has 0 rings (SSSR count). The highest BCUT2D eigenvalue weighted by molar-refractivity contribution is 7.99. The first-order chi connectivity index (χ1) is 17.9. The zero-order chi connectivity index (χ0) is 27.8. The molecule has 4 unspecified atom stereocenters. The van der Waals surface area contributed by atoms with Gasteiger partial charge < -0.3 is 9.84 Å². The van der Waals surface area contributed by atoms with Gasteiger partial charge in [-0.3, -0.25) is 4.74 Å². The van der Waals surface area contributed by atoms with Gasteiger partial charge in [-0.05, 0) is 43.4 Å². The minimum Gasteiger partial charge on any atom is -0.458 e. The Morgan fingerprint density at radius 2 is 1.32 bits per heavy atom. The van der Waals surface area contributed by atoms with Crippen LogP contribution in [0.1, 0.15) is 144 Å². The van der Waals surface area contributed by atoms with Crippen LogP contribution >= 0.6 is 19.8 Å². The van der Waals surface area contributed by atoms with Gasteiger partial charge in [-0.25, -0.2) is 4.79 Å². The average Bonchev–Trinajstić information content (AvgIpc) is 2.88. The van der Waals surface area contributed by atoms with Crippen LogP contribution in [0, 0.1) is 0 Å². The number of hydrogen-bond acceptors (Lipinski definition) is 7. The molecular weight excluding hydrogens is 507 g/mol. The molecule has 0 fully saturated rings. The predicted octanol–water partition coefficient (Wildman–Crippen LogP) is 9.15. The Bertz CT molecular complexity index is 565. The number of esters is 1. The highest BCUT2D eigenvalue weighted by atomic mass is 32.2. The number of carbonyl (C=O) groups is 1. The smallest absolute Gasteiger partial charge is 0.458 e. The lowest BCUT2D eigenvalue weighted by molar-refractivity contribution is -0.198. The van der Waals surface area contributed by atoms with Gasteiger partial charge in [-0.15, -0.1) is 4.52 Å². The Morgan fingerprint density at radius 1 is 0.811 bits per heavy atom. The van der Waals surface area contributed by atoms with Gasteiger partial charge in [0.25, 0.3) is 0 Å². The number of ether oxygens (including phenoxy) is 2. The fraction of sp³-hybridized carbons (Fsp3) is 0.966. The first-order valence-electron chi connectivity index (χ1n) is 15.2. The second kappa shape index (κ2) is 24.8. The van der Waals surface area contributed by atoms with Crippen molar-refractivity contribution in [3.63, 3.8) is 0 Å². The number of aliphatic hydroxyl groups is 1. The molecular formula is C29H58O6PS+. The molecule has 0 aliphatic rings. The lowest BCUT2D eigenvalue weighted by Crippen LogP contribution is -2.41. The van der Waals surface area contributed by atoms with Gasteiger partial charge in [0.1, 0.15) is 6.10 Å². The molecule has 37 heavy (non-hydrogen) atoms. The second-order valence-corrected chi connectivity index (χ2v) is 12.7. The summed E-state index contributed by atoms with van der Waals surface area (Å²) in [6.07, 6.45) is 20.1. The first kappa shape index (κ1) is 36.8. The summed E-state index contributed by atoms with van der Waals surface area (Å²) in [5, 5.41) is 10.9. The normalized spacial score (nSPS) is 15.2. The van der Waals surface area contributed by atoms with Crippen molar-refractivity contribution in [2.45, 2.75) is 161 Å². The SMILES string of the molecule is CCCCCCCCCCSC(CCCCCCCCC)C(C)O[P+](=O)C(O)(OCCC)C(=O)OCC. The molecule has 0 aromatic heterocycles. The van der Waals surface area contributed by atoms with Crippen LogP contribution in [0.3, 0.4) is 0 Å². The van der Waals surface area contributed by atoms with Gasteiger partial charge in [0.05, 0.1) is 13.2 Å². The third-order valence-corrected chi connectivity index (χ3v) is 9.41. The lowest BCUT2D eigenvalue weighted by Gasteiger charge is -2.22. The number of carbonyl (C=O) groups excluding carboxylic acids is 1. The predicted molar refractivity (Wildman–Crippen MR) is 157 cm³/mol. The van der Waals surface area contributed by atoms with Crippen LogP contribution in [-0.4, -0.2) is 46.9 Å². The van der Waals surface area contributed by atoms with Crippen LogP contribution in [0.25, 0.3) is 0 Å². The molecule has 0 aliphatic carbocycles. The maximum atomic E-state index is 13.0. The van der Waals surface area contributed by atoms with Gasteiger partial charge in [0.15, 0.2) is 0 Å². The van der Waals surface area contributed by atoms with Crippen LogP contribution in [0.15, 0.2) is 0 Å². The molecule has 4 atom stereocenters. The summed E-state index contributed by atoms with van der Waals surface area (Å²) in [4.78, 5) is 12.4. The van der Waals surface area contributed by atoms with Crippen molar-refractivity contribution >= 4 is 25.8 Å². The lowest BCUT2D eigenvalue weighted by atomic mass is 10.1. The van der Waals surface area contributed by atoms with Crippen LogP contribution in [-0.2, 0) is 23.4 Å². The average molecular weight is 566 g/mol. The molecule has 0 bridgehead atoms. The van der Waals surface area contributed by atoms with Crippen LogP contribution in [0.4, 0.5) is 0 Å². The number of thioether (sulfide) groups is 1. The standard InChI is InChI=1S/C29H58O6PS/c1-6-10-12-14-16-18-20-22-25-37-27(23-21-19-17-15-13-11-7-2)26(5)35-36(32)29(31,34-24-8-3)28(30)33-9-4/h26-27,31H,6-25H2,1-5H3/q+1. The number of rotatable bonds is 27. The van der Waals surface area contributed by atoms with E-state index in [1.807, 2.05) is 25.6 Å². The summed E-state index contributed by atoms with van der Waals surface area (Å²) in [7, 11) is -2.83. The second-order valence-electron chi connectivity index (χ2n) is 10.0. The fourth-order valence-corrected chi connectivity index (χ4v) is 6.59. The highest BCUT2D eigenvalue weighted by Gasteiger charge is 2.62. The van der Waals surface area contributed by atoms with Gasteiger partial charge >= 0.3 is 19.5 Å². The molecule has 0 amide bonds. The van der Waals surface area contributed by atoms with E-state index in [4.69, 9.17) is 14.0 Å². The summed E-state index contributed by atoms with van der Waals surface area (Å²) in [6.45, 7) is 10.0. The van der Waals surface area contributed by atoms with E-state index < -0.39 is 19.5 Å². The quantitative estimate of drug-likeness (QED) is 0.0460. The van der Waals surface area contributed by atoms with Crippen LogP contribution in [0.5, 0.6) is 0 Å². The van der Waals surface area contributed by atoms with Crippen molar-refractivity contribution in [1.29, 1.82) is 0 Å². The summed E-state index contributed by atoms with van der Waals surface area (Å²) >= 11 is 1.87. The molecule has 0 aliphatic heterocycles. The fourth-order valence-electron chi connectivity index (χ4n) is 4.17. The maximum Gasteiger partial charge on any atom is 0.589 e. The van der Waals surface area contributed by atoms with Crippen molar-refractivity contribution in [2.75, 3.05) is 19.0 Å². The topological polar surface area (TPSA) is 82.1 Å². The van der Waals surface area contributed by atoms with Crippen molar-refractivity contribution in [2.24, 2.45) is 0 Å². The molecule has 0 saturated carbocycles. The maximum absolute atomic E-state index is 13.0. The summed E-state index contributed by atoms with van der Waals surface area (Å²) < 4.78 is 29.1. The Balaban J connectivity index is 4.87. The number of hydrogen-bond donors (Lipinski definition) is 1. The minimum absolute atomic E-state index is 0.0602. The molecule has 0 saturated heterocycles. The molecule has 8 heteroatoms. The molecule has 0 aromatic rings. The minimum atomic E-state index is -2.83. The Kier molecular flexibility index (Phi) is 24.7. The van der Waals surface area contributed by atoms with Gasteiger partial charge in [0.2, 0.25) is 0 Å². The van der Waals surface area contributed by atoms with Gasteiger partial charge in [0, 0.05) is 5.25 Å². The van der Waals surface area contributed by atoms with Crippen LogP contribution in [0.2, 0.25) is 0 Å². The van der Waals surface area contributed by atoms with E-state index in [9.17, 15) is 14.5 Å². The third kappa shape index (κ3) is 17.9. The van der Waals surface area contributed by atoms with E-state index in [1.54, 1.807) is 6.92 Å². The van der Waals surface area contributed by atoms with Crippen LogP contribution < -0.4 is 0 Å². The zero-order valence-electron chi connectivity index (χ0n) is 24.6. The van der Waals surface area contributed by atoms with Crippen molar-refractivity contribution < 1.29 is 28.5 Å². The Labute approximate surface area is 233 Å². The van der Waals surface area contributed by atoms with Crippen molar-refractivity contribution in [1.82, 2.24) is 0 Å². The third-order valence-electron chi connectivity index (χ3n) is 6.50. The Morgan fingerprint density at radius 3 is 1.84 bits per heavy atom. The van der Waals surface area contributed by atoms with E-state index in [0.717, 1.165) is 25.0 Å². The zero-order valence-corrected chi connectivity index (χ0v) is 26.4. The molecule has 1 N–H and O–H groups in total. The van der Waals surface area contributed by atoms with E-state index >= 15 is 0 Å².